The highest BCUT2D eigenvalue weighted by Gasteiger charge is 2.16. The van der Waals surface area contributed by atoms with E-state index in [9.17, 15) is 0 Å². The van der Waals surface area contributed by atoms with Crippen molar-refractivity contribution in [1.29, 1.82) is 0 Å². The Morgan fingerprint density at radius 1 is 1.58 bits per heavy atom. The molecule has 0 aliphatic carbocycles. The number of nitrogens with zero attached hydrogens (tertiary/aromatic N) is 1. The van der Waals surface area contributed by atoms with Gasteiger partial charge >= 0.3 is 0 Å². The van der Waals surface area contributed by atoms with E-state index in [1.807, 2.05) is 0 Å². The molecule has 1 aliphatic heterocycles. The zero-order valence-electron chi connectivity index (χ0n) is 8.00. The summed E-state index contributed by atoms with van der Waals surface area (Å²) >= 11 is 0. The Labute approximate surface area is 75.4 Å². The van der Waals surface area contributed by atoms with Gasteiger partial charge in [0.15, 0.2) is 0 Å². The van der Waals surface area contributed by atoms with E-state index in [1.165, 1.54) is 25.9 Å². The van der Waals surface area contributed by atoms with Gasteiger partial charge in [-0.1, -0.05) is 12.2 Å². The zero-order valence-corrected chi connectivity index (χ0v) is 8.00. The van der Waals surface area contributed by atoms with Gasteiger partial charge in [0.05, 0.1) is 0 Å². The number of hydrogen-bond acceptors (Lipinski definition) is 2. The lowest BCUT2D eigenvalue weighted by Gasteiger charge is -2.31. The van der Waals surface area contributed by atoms with Crippen molar-refractivity contribution in [1.82, 2.24) is 4.90 Å². The fourth-order valence-corrected chi connectivity index (χ4v) is 1.76. The molecule has 0 saturated carbocycles. The van der Waals surface area contributed by atoms with Crippen LogP contribution >= 0.6 is 0 Å². The maximum Gasteiger partial charge on any atom is 0.0163 e. The Bertz CT molecular complexity index is 143. The van der Waals surface area contributed by atoms with E-state index in [4.69, 9.17) is 5.73 Å². The second-order valence-electron chi connectivity index (χ2n) is 3.57. The molecular weight excluding hydrogens is 148 g/mol. The third-order valence-electron chi connectivity index (χ3n) is 2.54. The summed E-state index contributed by atoms with van der Waals surface area (Å²) in [5.41, 5.74) is 5.65. The third-order valence-corrected chi connectivity index (χ3v) is 2.54. The van der Waals surface area contributed by atoms with Crippen molar-refractivity contribution >= 4 is 0 Å². The molecule has 1 rings (SSSR count). The maximum atomic E-state index is 5.65. The molecule has 2 heteroatoms. The molecule has 0 radical (unpaired) electrons. The molecule has 0 spiro atoms. The van der Waals surface area contributed by atoms with Gasteiger partial charge in [-0.2, -0.15) is 0 Å². The fourth-order valence-electron chi connectivity index (χ4n) is 1.76. The summed E-state index contributed by atoms with van der Waals surface area (Å²) in [6.45, 7) is 6.48. The van der Waals surface area contributed by atoms with Crippen LogP contribution < -0.4 is 5.73 Å². The zero-order chi connectivity index (χ0) is 8.81. The quantitative estimate of drug-likeness (QED) is 0.642. The van der Waals surface area contributed by atoms with Gasteiger partial charge in [0.2, 0.25) is 0 Å². The van der Waals surface area contributed by atoms with Crippen LogP contribution in [0.2, 0.25) is 0 Å². The number of nitrogens with two attached hydrogens (primary N) is 1. The van der Waals surface area contributed by atoms with Gasteiger partial charge in [-0.25, -0.2) is 0 Å². The van der Waals surface area contributed by atoms with Crippen molar-refractivity contribution in [3.8, 4) is 0 Å². The van der Waals surface area contributed by atoms with Crippen LogP contribution in [0.25, 0.3) is 0 Å². The smallest absolute Gasteiger partial charge is 0.0163 e. The highest BCUT2D eigenvalue weighted by atomic mass is 15.1. The molecule has 1 unspecified atom stereocenters. The van der Waals surface area contributed by atoms with Gasteiger partial charge in [0, 0.05) is 13.1 Å². The van der Waals surface area contributed by atoms with Gasteiger partial charge in [-0.3, -0.25) is 4.90 Å². The van der Waals surface area contributed by atoms with E-state index in [0.717, 1.165) is 19.0 Å². The average molecular weight is 168 g/mol. The highest BCUT2D eigenvalue weighted by Crippen LogP contribution is 2.14. The lowest BCUT2D eigenvalue weighted by molar-refractivity contribution is 0.195. The van der Waals surface area contributed by atoms with Gasteiger partial charge in [0.25, 0.3) is 0 Å². The standard InChI is InChI=1S/C10H20N2/c1-2-3-6-12-7-4-5-10(8-11)9-12/h2-3,10H,4-9,11H2,1H3. The number of hydrogen-bond donors (Lipinski definition) is 1. The number of likely N-dealkylation sites (tertiary alicyclic amines) is 1. The van der Waals surface area contributed by atoms with Gasteiger partial charge < -0.3 is 5.73 Å². The first-order chi connectivity index (χ1) is 5.86. The van der Waals surface area contributed by atoms with Crippen LogP contribution in [0.15, 0.2) is 12.2 Å². The largest absolute Gasteiger partial charge is 0.330 e. The van der Waals surface area contributed by atoms with Crippen LogP contribution in [0.5, 0.6) is 0 Å². The number of piperidine rings is 1. The Balaban J connectivity index is 2.25. The molecule has 2 N–H and O–H groups in total. The van der Waals surface area contributed by atoms with E-state index in [2.05, 4.69) is 24.0 Å². The van der Waals surface area contributed by atoms with Crippen LogP contribution in [0.4, 0.5) is 0 Å². The monoisotopic (exact) mass is 168 g/mol. The van der Waals surface area contributed by atoms with E-state index in [1.54, 1.807) is 0 Å². The van der Waals surface area contributed by atoms with Gasteiger partial charge in [-0.15, -0.1) is 0 Å². The molecule has 70 valence electrons. The van der Waals surface area contributed by atoms with Crippen LogP contribution in [0.1, 0.15) is 19.8 Å². The summed E-state index contributed by atoms with van der Waals surface area (Å²) in [6, 6.07) is 0. The van der Waals surface area contributed by atoms with Crippen molar-refractivity contribution in [3.05, 3.63) is 12.2 Å². The Morgan fingerprint density at radius 2 is 2.42 bits per heavy atom. The van der Waals surface area contributed by atoms with Crippen LogP contribution in [0, 0.1) is 5.92 Å². The molecule has 0 bridgehead atoms. The summed E-state index contributed by atoms with van der Waals surface area (Å²) in [6.07, 6.45) is 6.98. The molecule has 1 saturated heterocycles. The molecule has 1 aliphatic rings. The van der Waals surface area contributed by atoms with Crippen molar-refractivity contribution < 1.29 is 0 Å². The van der Waals surface area contributed by atoms with Gasteiger partial charge in [-0.05, 0) is 38.8 Å². The Morgan fingerprint density at radius 3 is 3.08 bits per heavy atom. The highest BCUT2D eigenvalue weighted by molar-refractivity contribution is 4.84. The third kappa shape index (κ3) is 2.95. The Kier molecular flexibility index (Phi) is 4.33. The predicted molar refractivity (Wildman–Crippen MR) is 53.0 cm³/mol. The maximum absolute atomic E-state index is 5.65. The molecule has 0 aromatic heterocycles. The minimum Gasteiger partial charge on any atom is -0.330 e. The molecule has 12 heavy (non-hydrogen) atoms. The van der Waals surface area contributed by atoms with E-state index >= 15 is 0 Å². The van der Waals surface area contributed by atoms with Crippen molar-refractivity contribution in [2.75, 3.05) is 26.2 Å². The molecule has 0 amide bonds. The topological polar surface area (TPSA) is 29.3 Å². The normalized spacial score (nSPS) is 26.7. The van der Waals surface area contributed by atoms with Crippen molar-refractivity contribution in [2.45, 2.75) is 19.8 Å². The summed E-state index contributed by atoms with van der Waals surface area (Å²) in [4.78, 5) is 2.49. The van der Waals surface area contributed by atoms with E-state index in [0.29, 0.717) is 0 Å². The molecule has 1 heterocycles. The Hall–Kier alpha value is -0.340. The van der Waals surface area contributed by atoms with Gasteiger partial charge in [0.1, 0.15) is 0 Å². The molecule has 0 aromatic carbocycles. The molecule has 2 nitrogen and oxygen atoms in total. The summed E-state index contributed by atoms with van der Waals surface area (Å²) in [7, 11) is 0. The van der Waals surface area contributed by atoms with E-state index in [-0.39, 0.29) is 0 Å². The first-order valence-corrected chi connectivity index (χ1v) is 4.90. The summed E-state index contributed by atoms with van der Waals surface area (Å²) in [5.74, 6) is 0.740. The lowest BCUT2D eigenvalue weighted by Crippen LogP contribution is -2.38. The SMILES string of the molecule is CC=CCN1CCCC(CN)C1. The molecule has 1 atom stereocenters. The number of allylic oxidation sites excluding steroid dienone is 1. The van der Waals surface area contributed by atoms with E-state index < -0.39 is 0 Å². The summed E-state index contributed by atoms with van der Waals surface area (Å²) in [5, 5.41) is 0. The minimum absolute atomic E-state index is 0.740. The first-order valence-electron chi connectivity index (χ1n) is 4.90. The van der Waals surface area contributed by atoms with Crippen LogP contribution in [0.3, 0.4) is 0 Å². The second kappa shape index (κ2) is 5.33. The second-order valence-corrected chi connectivity index (χ2v) is 3.57. The molecule has 0 aromatic rings. The van der Waals surface area contributed by atoms with Crippen LogP contribution in [-0.4, -0.2) is 31.1 Å². The number of rotatable bonds is 3. The predicted octanol–water partition coefficient (Wildman–Crippen LogP) is 1.23. The lowest BCUT2D eigenvalue weighted by atomic mass is 9.98. The summed E-state index contributed by atoms with van der Waals surface area (Å²) < 4.78 is 0. The van der Waals surface area contributed by atoms with Crippen LogP contribution in [-0.2, 0) is 0 Å². The fraction of sp³-hybridized carbons (Fsp3) is 0.800. The average Bonchev–Trinajstić information content (AvgIpc) is 2.15. The minimum atomic E-state index is 0.740. The van der Waals surface area contributed by atoms with Crippen molar-refractivity contribution in [2.24, 2.45) is 11.7 Å². The first kappa shape index (κ1) is 9.75. The van der Waals surface area contributed by atoms with Crippen molar-refractivity contribution in [3.63, 3.8) is 0 Å². The molecule has 1 fully saturated rings. The molecular formula is C10H20N2.